The maximum atomic E-state index is 13.2. The Morgan fingerprint density at radius 1 is 1.36 bits per heavy atom. The van der Waals surface area contributed by atoms with Gasteiger partial charge >= 0.3 is 12.1 Å². The Bertz CT molecular complexity index is 654. The van der Waals surface area contributed by atoms with Crippen molar-refractivity contribution in [2.24, 2.45) is 0 Å². The molecule has 0 fully saturated rings. The van der Waals surface area contributed by atoms with Gasteiger partial charge in [0.05, 0.1) is 17.2 Å². The van der Waals surface area contributed by atoms with Gasteiger partial charge < -0.3 is 9.47 Å². The monoisotopic (exact) mass is 354 g/mol. The summed E-state index contributed by atoms with van der Waals surface area (Å²) in [7, 11) is 0. The second-order valence-corrected chi connectivity index (χ2v) is 5.38. The third-order valence-corrected chi connectivity index (χ3v) is 3.78. The Labute approximate surface area is 134 Å². The maximum absolute atomic E-state index is 13.2. The van der Waals surface area contributed by atoms with Gasteiger partial charge in [-0.3, -0.25) is 0 Å². The number of hydrogen-bond acceptors (Lipinski definition) is 3. The van der Waals surface area contributed by atoms with E-state index in [9.17, 15) is 18.0 Å². The van der Waals surface area contributed by atoms with Gasteiger partial charge in [0.2, 0.25) is 6.10 Å². The second kappa shape index (κ2) is 6.01. The normalized spacial score (nSPS) is 17.4. The molecule has 2 rings (SSSR count). The number of benzene rings is 1. The highest BCUT2D eigenvalue weighted by molar-refractivity contribution is 6.36. The number of fused-ring (bicyclic) bond motifs is 1. The summed E-state index contributed by atoms with van der Waals surface area (Å²) in [6.07, 6.45) is -6.15. The predicted octanol–water partition coefficient (Wildman–Crippen LogP) is 4.57. The van der Waals surface area contributed by atoms with E-state index in [4.69, 9.17) is 27.9 Å². The van der Waals surface area contributed by atoms with Crippen molar-refractivity contribution in [1.82, 2.24) is 0 Å². The van der Waals surface area contributed by atoms with E-state index < -0.39 is 23.8 Å². The fraction of sp³-hybridized carbons (Fsp3) is 0.357. The molecule has 0 spiro atoms. The second-order valence-electron chi connectivity index (χ2n) is 4.57. The van der Waals surface area contributed by atoms with Crippen LogP contribution in [0.3, 0.4) is 0 Å². The summed E-state index contributed by atoms with van der Waals surface area (Å²) in [5, 5.41) is 0.205. The minimum Gasteiger partial charge on any atom is -0.474 e. The van der Waals surface area contributed by atoms with E-state index >= 15 is 0 Å². The van der Waals surface area contributed by atoms with Crippen molar-refractivity contribution in [3.05, 3.63) is 32.8 Å². The first-order valence-electron chi connectivity index (χ1n) is 6.27. The molecule has 1 atom stereocenters. The highest BCUT2D eigenvalue weighted by atomic mass is 35.5. The number of ether oxygens (including phenoxy) is 2. The first-order chi connectivity index (χ1) is 10.2. The zero-order chi connectivity index (χ0) is 16.7. The van der Waals surface area contributed by atoms with Crippen LogP contribution in [0.2, 0.25) is 10.0 Å². The van der Waals surface area contributed by atoms with Crippen LogP contribution in [0, 0.1) is 6.92 Å². The van der Waals surface area contributed by atoms with Gasteiger partial charge in [0, 0.05) is 10.6 Å². The molecule has 1 aromatic carbocycles. The minimum atomic E-state index is -4.78. The van der Waals surface area contributed by atoms with E-state index in [1.165, 1.54) is 13.0 Å². The molecule has 120 valence electrons. The summed E-state index contributed by atoms with van der Waals surface area (Å²) >= 11 is 11.9. The van der Waals surface area contributed by atoms with Gasteiger partial charge in [-0.1, -0.05) is 23.2 Å². The SMILES string of the molecule is CCOC(=O)C1=Cc2c(C)c(Cl)cc(Cl)c2OC1C(F)(F)F. The third-order valence-electron chi connectivity index (χ3n) is 3.10. The topological polar surface area (TPSA) is 35.5 Å². The Morgan fingerprint density at radius 2 is 2.00 bits per heavy atom. The van der Waals surface area contributed by atoms with Gasteiger partial charge in [0.15, 0.2) is 0 Å². The van der Waals surface area contributed by atoms with Crippen molar-refractivity contribution in [2.45, 2.75) is 26.1 Å². The fourth-order valence-electron chi connectivity index (χ4n) is 2.04. The Balaban J connectivity index is 2.64. The van der Waals surface area contributed by atoms with Gasteiger partial charge in [-0.15, -0.1) is 0 Å². The number of hydrogen-bond donors (Lipinski definition) is 0. The Morgan fingerprint density at radius 3 is 2.55 bits per heavy atom. The van der Waals surface area contributed by atoms with E-state index in [1.54, 1.807) is 6.92 Å². The molecule has 1 heterocycles. The fourth-order valence-corrected chi connectivity index (χ4v) is 2.56. The van der Waals surface area contributed by atoms with Crippen LogP contribution in [-0.2, 0) is 9.53 Å². The molecular formula is C14H11Cl2F3O3. The van der Waals surface area contributed by atoms with E-state index in [0.717, 1.165) is 6.08 Å². The van der Waals surface area contributed by atoms with Crippen LogP contribution < -0.4 is 4.74 Å². The van der Waals surface area contributed by atoms with Gasteiger partial charge in [-0.25, -0.2) is 4.79 Å². The molecule has 3 nitrogen and oxygen atoms in total. The average molecular weight is 355 g/mol. The van der Waals surface area contributed by atoms with Crippen LogP contribution in [0.5, 0.6) is 5.75 Å². The molecule has 0 radical (unpaired) electrons. The minimum absolute atomic E-state index is 0.0527. The molecule has 0 bridgehead atoms. The molecule has 0 amide bonds. The number of alkyl halides is 3. The Hall–Kier alpha value is -1.40. The van der Waals surface area contributed by atoms with Crippen LogP contribution in [0.15, 0.2) is 11.6 Å². The summed E-state index contributed by atoms with van der Waals surface area (Å²) in [5.41, 5.74) is 0.0628. The molecule has 0 aromatic heterocycles. The summed E-state index contributed by atoms with van der Waals surface area (Å²) in [5.74, 6) is -1.25. The van der Waals surface area contributed by atoms with Crippen molar-refractivity contribution >= 4 is 35.2 Å². The van der Waals surface area contributed by atoms with Crippen molar-refractivity contribution in [3.63, 3.8) is 0 Å². The first kappa shape index (κ1) is 17.0. The molecule has 22 heavy (non-hydrogen) atoms. The number of carbonyl (C=O) groups is 1. The quantitative estimate of drug-likeness (QED) is 0.729. The number of carbonyl (C=O) groups excluding carboxylic acids is 1. The summed E-state index contributed by atoms with van der Waals surface area (Å²) in [4.78, 5) is 11.8. The van der Waals surface area contributed by atoms with E-state index in [2.05, 4.69) is 4.74 Å². The molecule has 8 heteroatoms. The third kappa shape index (κ3) is 3.03. The molecular weight excluding hydrogens is 344 g/mol. The molecule has 1 unspecified atom stereocenters. The van der Waals surface area contributed by atoms with Crippen molar-refractivity contribution in [1.29, 1.82) is 0 Å². The van der Waals surface area contributed by atoms with Crippen LogP contribution in [0.25, 0.3) is 6.08 Å². The largest absolute Gasteiger partial charge is 0.474 e. The smallest absolute Gasteiger partial charge is 0.430 e. The highest BCUT2D eigenvalue weighted by Gasteiger charge is 2.49. The standard InChI is InChI=1S/C14H11Cl2F3O3/c1-3-21-13(20)8-4-7-6(2)9(15)5-10(16)11(7)22-12(8)14(17,18)19/h4-5,12H,3H2,1-2H3. The van der Waals surface area contributed by atoms with Gasteiger partial charge in [-0.05, 0) is 31.6 Å². The molecule has 1 aromatic rings. The highest BCUT2D eigenvalue weighted by Crippen LogP contribution is 2.44. The van der Waals surface area contributed by atoms with Crippen molar-refractivity contribution < 1.29 is 27.4 Å². The number of halogens is 5. The zero-order valence-electron chi connectivity index (χ0n) is 11.6. The zero-order valence-corrected chi connectivity index (χ0v) is 13.1. The lowest BCUT2D eigenvalue weighted by Crippen LogP contribution is -2.41. The van der Waals surface area contributed by atoms with Crippen LogP contribution >= 0.6 is 23.2 Å². The molecule has 0 aliphatic carbocycles. The van der Waals surface area contributed by atoms with Crippen molar-refractivity contribution in [2.75, 3.05) is 6.61 Å². The lowest BCUT2D eigenvalue weighted by atomic mass is 9.98. The molecule has 0 saturated heterocycles. The Kier molecular flexibility index (Phi) is 4.63. The molecule has 0 saturated carbocycles. The van der Waals surface area contributed by atoms with Crippen molar-refractivity contribution in [3.8, 4) is 5.75 Å². The van der Waals surface area contributed by atoms with Crippen LogP contribution in [0.4, 0.5) is 13.2 Å². The predicted molar refractivity (Wildman–Crippen MR) is 76.3 cm³/mol. The molecule has 0 N–H and O–H groups in total. The number of esters is 1. The van der Waals surface area contributed by atoms with Crippen LogP contribution in [-0.4, -0.2) is 24.9 Å². The van der Waals surface area contributed by atoms with E-state index in [0.29, 0.717) is 5.56 Å². The van der Waals surface area contributed by atoms with E-state index in [1.807, 2.05) is 0 Å². The van der Waals surface area contributed by atoms with Gasteiger partial charge in [0.1, 0.15) is 5.75 Å². The average Bonchev–Trinajstić information content (AvgIpc) is 2.43. The molecule has 1 aliphatic heterocycles. The van der Waals surface area contributed by atoms with Gasteiger partial charge in [-0.2, -0.15) is 13.2 Å². The van der Waals surface area contributed by atoms with Gasteiger partial charge in [0.25, 0.3) is 0 Å². The van der Waals surface area contributed by atoms with Crippen LogP contribution in [0.1, 0.15) is 18.1 Å². The lowest BCUT2D eigenvalue weighted by Gasteiger charge is -2.29. The van der Waals surface area contributed by atoms with E-state index in [-0.39, 0.29) is 28.0 Å². The summed E-state index contributed by atoms with van der Waals surface area (Å²) < 4.78 is 49.1. The lowest BCUT2D eigenvalue weighted by molar-refractivity contribution is -0.187. The first-order valence-corrected chi connectivity index (χ1v) is 7.03. The molecule has 1 aliphatic rings. The summed E-state index contributed by atoms with van der Waals surface area (Å²) in [6, 6.07) is 1.30. The summed E-state index contributed by atoms with van der Waals surface area (Å²) in [6.45, 7) is 3.04. The number of rotatable bonds is 2. The maximum Gasteiger partial charge on any atom is 0.430 e.